The molecular formula is C68H120O6. The van der Waals surface area contributed by atoms with Crippen molar-refractivity contribution in [2.75, 3.05) is 13.2 Å². The van der Waals surface area contributed by atoms with Crippen LogP contribution in [0.1, 0.15) is 323 Å². The first kappa shape index (κ1) is 70.8. The second-order valence-electron chi connectivity index (χ2n) is 21.3. The van der Waals surface area contributed by atoms with Crippen LogP contribution in [0.3, 0.4) is 0 Å². The summed E-state index contributed by atoms with van der Waals surface area (Å²) in [7, 11) is 0. The molecule has 0 aliphatic carbocycles. The molecule has 0 aromatic rings. The van der Waals surface area contributed by atoms with Crippen LogP contribution in [-0.2, 0) is 28.6 Å². The monoisotopic (exact) mass is 1030 g/mol. The van der Waals surface area contributed by atoms with E-state index in [1.807, 2.05) is 0 Å². The standard InChI is InChI=1S/C68H120O6/c1-4-7-10-13-16-19-22-25-27-28-29-30-31-32-33-34-35-36-37-38-39-40-41-44-46-49-52-55-58-61-67(70)73-64-65(63-72-66(69)60-57-54-51-48-45-42-24-21-18-15-12-9-6-3)74-68(71)62-59-56-53-50-47-43-26-23-20-17-14-11-8-5-2/h7,10,16,19,23,25-27,29-30,32-33,65H,4-6,8-9,11-15,17-18,20-22,24,28,31,34-64H2,1-3H3/b10-7-,19-16-,26-23-,27-25-,30-29-,33-32-. The summed E-state index contributed by atoms with van der Waals surface area (Å²) in [5, 5.41) is 0. The highest BCUT2D eigenvalue weighted by Gasteiger charge is 2.19. The van der Waals surface area contributed by atoms with Gasteiger partial charge in [-0.1, -0.05) is 286 Å². The van der Waals surface area contributed by atoms with Crippen LogP contribution in [0.2, 0.25) is 0 Å². The first-order valence-electron chi connectivity index (χ1n) is 31.9. The van der Waals surface area contributed by atoms with Gasteiger partial charge in [0, 0.05) is 19.3 Å². The predicted octanol–water partition coefficient (Wildman–Crippen LogP) is 21.7. The zero-order chi connectivity index (χ0) is 53.6. The van der Waals surface area contributed by atoms with Crippen molar-refractivity contribution in [1.82, 2.24) is 0 Å². The number of hydrogen-bond donors (Lipinski definition) is 0. The molecule has 6 heteroatoms. The summed E-state index contributed by atoms with van der Waals surface area (Å²) in [5.41, 5.74) is 0. The summed E-state index contributed by atoms with van der Waals surface area (Å²) < 4.78 is 16.9. The van der Waals surface area contributed by atoms with Crippen molar-refractivity contribution in [2.45, 2.75) is 329 Å². The molecule has 6 nitrogen and oxygen atoms in total. The molecule has 0 spiro atoms. The molecule has 0 bridgehead atoms. The van der Waals surface area contributed by atoms with Crippen LogP contribution < -0.4 is 0 Å². The van der Waals surface area contributed by atoms with Gasteiger partial charge >= 0.3 is 17.9 Å². The third-order valence-electron chi connectivity index (χ3n) is 13.9. The largest absolute Gasteiger partial charge is 0.462 e. The SMILES string of the molecule is CC/C=C\C/C=C\C/C=C\C/C=C\C/C=C\CCCCCCCCCCCCCCCC(=O)OCC(COC(=O)CCCCCCCCCCCCCCC)OC(=O)CCCCCCC/C=C\CCCCCCC. The minimum Gasteiger partial charge on any atom is -0.462 e. The number of ether oxygens (including phenoxy) is 3. The van der Waals surface area contributed by atoms with Gasteiger partial charge in [-0.2, -0.15) is 0 Å². The molecule has 428 valence electrons. The summed E-state index contributed by atoms with van der Waals surface area (Å²) >= 11 is 0. The van der Waals surface area contributed by atoms with Gasteiger partial charge in [0.05, 0.1) is 0 Å². The van der Waals surface area contributed by atoms with E-state index in [0.29, 0.717) is 19.3 Å². The smallest absolute Gasteiger partial charge is 0.306 e. The Morgan fingerprint density at radius 1 is 0.284 bits per heavy atom. The van der Waals surface area contributed by atoms with Gasteiger partial charge in [0.2, 0.25) is 0 Å². The highest BCUT2D eigenvalue weighted by molar-refractivity contribution is 5.71. The first-order chi connectivity index (χ1) is 36.5. The van der Waals surface area contributed by atoms with Crippen LogP contribution >= 0.6 is 0 Å². The molecule has 0 amide bonds. The summed E-state index contributed by atoms with van der Waals surface area (Å²) in [6.45, 7) is 6.54. The Hall–Kier alpha value is -3.15. The fourth-order valence-electron chi connectivity index (χ4n) is 9.17. The van der Waals surface area contributed by atoms with Crippen molar-refractivity contribution in [2.24, 2.45) is 0 Å². The lowest BCUT2D eigenvalue weighted by atomic mass is 10.0. The van der Waals surface area contributed by atoms with E-state index in [1.165, 1.54) is 186 Å². The topological polar surface area (TPSA) is 78.9 Å². The molecule has 0 rings (SSSR count). The van der Waals surface area contributed by atoms with Gasteiger partial charge in [0.1, 0.15) is 13.2 Å². The average molecular weight is 1030 g/mol. The fourth-order valence-corrected chi connectivity index (χ4v) is 9.17. The highest BCUT2D eigenvalue weighted by Crippen LogP contribution is 2.17. The van der Waals surface area contributed by atoms with Crippen LogP contribution in [0.4, 0.5) is 0 Å². The Balaban J connectivity index is 4.21. The van der Waals surface area contributed by atoms with Crippen molar-refractivity contribution in [3.05, 3.63) is 72.9 Å². The quantitative estimate of drug-likeness (QED) is 0.0261. The second kappa shape index (κ2) is 62.4. The molecule has 0 N–H and O–H groups in total. The highest BCUT2D eigenvalue weighted by atomic mass is 16.6. The van der Waals surface area contributed by atoms with Gasteiger partial charge in [0.25, 0.3) is 0 Å². The van der Waals surface area contributed by atoms with Crippen LogP contribution in [0.5, 0.6) is 0 Å². The van der Waals surface area contributed by atoms with Crippen LogP contribution in [0, 0.1) is 0 Å². The molecule has 0 aromatic heterocycles. The van der Waals surface area contributed by atoms with Crippen molar-refractivity contribution >= 4 is 17.9 Å². The number of carbonyl (C=O) groups excluding carboxylic acids is 3. The molecular weight excluding hydrogens is 913 g/mol. The van der Waals surface area contributed by atoms with Crippen LogP contribution in [-0.4, -0.2) is 37.2 Å². The molecule has 0 radical (unpaired) electrons. The second-order valence-corrected chi connectivity index (χ2v) is 21.3. The molecule has 74 heavy (non-hydrogen) atoms. The Bertz CT molecular complexity index is 1370. The number of unbranched alkanes of at least 4 members (excludes halogenated alkanes) is 35. The van der Waals surface area contributed by atoms with Gasteiger partial charge < -0.3 is 14.2 Å². The van der Waals surface area contributed by atoms with Crippen molar-refractivity contribution < 1.29 is 28.6 Å². The van der Waals surface area contributed by atoms with E-state index < -0.39 is 6.10 Å². The molecule has 0 heterocycles. The normalized spacial score (nSPS) is 12.5. The summed E-state index contributed by atoms with van der Waals surface area (Å²) in [4.78, 5) is 38.2. The summed E-state index contributed by atoms with van der Waals surface area (Å²) in [5.74, 6) is -0.869. The fraction of sp³-hybridized carbons (Fsp3) is 0.779. The van der Waals surface area contributed by atoms with Crippen molar-refractivity contribution in [1.29, 1.82) is 0 Å². The maximum atomic E-state index is 12.9. The molecule has 0 aromatic carbocycles. The molecule has 1 atom stereocenters. The van der Waals surface area contributed by atoms with E-state index in [0.717, 1.165) is 96.3 Å². The van der Waals surface area contributed by atoms with E-state index in [1.54, 1.807) is 0 Å². The summed E-state index contributed by atoms with van der Waals surface area (Å²) in [6, 6.07) is 0. The van der Waals surface area contributed by atoms with Gasteiger partial charge in [-0.3, -0.25) is 14.4 Å². The maximum absolute atomic E-state index is 12.9. The van der Waals surface area contributed by atoms with Gasteiger partial charge in [-0.05, 0) is 89.9 Å². The van der Waals surface area contributed by atoms with E-state index in [9.17, 15) is 14.4 Å². The van der Waals surface area contributed by atoms with E-state index in [-0.39, 0.29) is 31.1 Å². The zero-order valence-corrected chi connectivity index (χ0v) is 49.1. The van der Waals surface area contributed by atoms with Gasteiger partial charge in [-0.15, -0.1) is 0 Å². The number of allylic oxidation sites excluding steroid dienone is 12. The maximum Gasteiger partial charge on any atom is 0.306 e. The van der Waals surface area contributed by atoms with E-state index in [2.05, 4.69) is 93.7 Å². The molecule has 0 fully saturated rings. The Morgan fingerprint density at radius 2 is 0.527 bits per heavy atom. The van der Waals surface area contributed by atoms with Gasteiger partial charge in [0.15, 0.2) is 6.10 Å². The van der Waals surface area contributed by atoms with Gasteiger partial charge in [-0.25, -0.2) is 0 Å². The zero-order valence-electron chi connectivity index (χ0n) is 49.1. The van der Waals surface area contributed by atoms with E-state index >= 15 is 0 Å². The average Bonchev–Trinajstić information content (AvgIpc) is 3.40. The first-order valence-corrected chi connectivity index (χ1v) is 31.9. The Kier molecular flexibility index (Phi) is 59.7. The molecule has 1 unspecified atom stereocenters. The minimum atomic E-state index is -0.777. The number of carbonyl (C=O) groups is 3. The van der Waals surface area contributed by atoms with Crippen molar-refractivity contribution in [3.8, 4) is 0 Å². The Morgan fingerprint density at radius 3 is 0.838 bits per heavy atom. The number of rotatable bonds is 58. The van der Waals surface area contributed by atoms with E-state index in [4.69, 9.17) is 14.2 Å². The van der Waals surface area contributed by atoms with Crippen LogP contribution in [0.25, 0.3) is 0 Å². The molecule has 0 saturated heterocycles. The number of hydrogen-bond acceptors (Lipinski definition) is 6. The predicted molar refractivity (Wildman–Crippen MR) is 321 cm³/mol. The van der Waals surface area contributed by atoms with Crippen molar-refractivity contribution in [3.63, 3.8) is 0 Å². The molecule has 0 saturated carbocycles. The van der Waals surface area contributed by atoms with Crippen LogP contribution in [0.15, 0.2) is 72.9 Å². The lowest BCUT2D eigenvalue weighted by Gasteiger charge is -2.18. The lowest BCUT2D eigenvalue weighted by Crippen LogP contribution is -2.30. The lowest BCUT2D eigenvalue weighted by molar-refractivity contribution is -0.167. The minimum absolute atomic E-state index is 0.0744. The third-order valence-corrected chi connectivity index (χ3v) is 13.9. The number of esters is 3. The Labute approximate surface area is 459 Å². The third kappa shape index (κ3) is 59.7. The summed E-state index contributed by atoms with van der Waals surface area (Å²) in [6.07, 6.45) is 80.5. The molecule has 0 aliphatic rings. The molecule has 0 aliphatic heterocycles.